The minimum absolute atomic E-state index is 0.724. The number of alkyl halides is 1. The topological polar surface area (TPSA) is 27.7 Å². The smallest absolute Gasteiger partial charge is 0.377 e. The van der Waals surface area contributed by atoms with Crippen LogP contribution < -0.4 is 0 Å². The van der Waals surface area contributed by atoms with Crippen molar-refractivity contribution in [2.75, 3.05) is 27.2 Å². The van der Waals surface area contributed by atoms with E-state index in [9.17, 15) is 0 Å². The molecule has 0 bridgehead atoms. The lowest BCUT2D eigenvalue weighted by Gasteiger charge is -2.24. The molecule has 13 heavy (non-hydrogen) atoms. The second kappa shape index (κ2) is 7.76. The Bertz CT molecular complexity index is 112. The molecule has 0 aliphatic carbocycles. The Kier molecular flexibility index (Phi) is 7.99. The Morgan fingerprint density at radius 1 is 0.923 bits per heavy atom. The molecule has 0 unspecified atom stereocenters. The van der Waals surface area contributed by atoms with Gasteiger partial charge in [0.05, 0.1) is 0 Å². The van der Waals surface area contributed by atoms with Crippen molar-refractivity contribution in [3.05, 3.63) is 0 Å². The molecule has 0 saturated heterocycles. The summed E-state index contributed by atoms with van der Waals surface area (Å²) in [7, 11) is 2.61. The monoisotopic (exact) mass is 226 g/mol. The van der Waals surface area contributed by atoms with E-state index < -0.39 is 8.80 Å². The third-order valence-corrected chi connectivity index (χ3v) is 5.15. The van der Waals surface area contributed by atoms with E-state index in [1.165, 1.54) is 0 Å². The van der Waals surface area contributed by atoms with E-state index in [2.05, 4.69) is 0 Å². The van der Waals surface area contributed by atoms with Gasteiger partial charge in [0.2, 0.25) is 0 Å². The van der Waals surface area contributed by atoms with Gasteiger partial charge in [0.25, 0.3) is 0 Å². The first-order valence-electron chi connectivity index (χ1n) is 4.46. The lowest BCUT2D eigenvalue weighted by molar-refractivity contribution is 0.123. The van der Waals surface area contributed by atoms with Crippen molar-refractivity contribution in [1.82, 2.24) is 0 Å². The van der Waals surface area contributed by atoms with E-state index in [4.69, 9.17) is 24.9 Å². The fourth-order valence-electron chi connectivity index (χ4n) is 1.17. The van der Waals surface area contributed by atoms with E-state index in [1.54, 1.807) is 21.3 Å². The molecule has 0 rings (SSSR count). The van der Waals surface area contributed by atoms with Gasteiger partial charge in [-0.2, -0.15) is 0 Å². The molecule has 0 aliphatic heterocycles. The van der Waals surface area contributed by atoms with Crippen LogP contribution in [0.25, 0.3) is 0 Å². The zero-order valence-corrected chi connectivity index (χ0v) is 10.4. The van der Waals surface area contributed by atoms with Crippen LogP contribution in [0.15, 0.2) is 0 Å². The first-order valence-corrected chi connectivity index (χ1v) is 6.92. The standard InChI is InChI=1S/C8H19ClO3Si/c1-10-13(11-2,12-3)8-6-4-5-7-9/h4-8H2,1-3H3. The van der Waals surface area contributed by atoms with Gasteiger partial charge in [-0.3, -0.25) is 0 Å². The van der Waals surface area contributed by atoms with Gasteiger partial charge in [-0.05, 0) is 12.8 Å². The summed E-state index contributed by atoms with van der Waals surface area (Å²) in [6.07, 6.45) is 3.20. The minimum atomic E-state index is -2.31. The summed E-state index contributed by atoms with van der Waals surface area (Å²) < 4.78 is 15.8. The molecule has 0 aliphatic rings. The molecular weight excluding hydrogens is 208 g/mol. The number of hydrogen-bond donors (Lipinski definition) is 0. The average molecular weight is 227 g/mol. The van der Waals surface area contributed by atoms with E-state index in [0.717, 1.165) is 31.2 Å². The van der Waals surface area contributed by atoms with Crippen LogP contribution in [0.5, 0.6) is 0 Å². The van der Waals surface area contributed by atoms with Crippen molar-refractivity contribution in [2.24, 2.45) is 0 Å². The molecule has 0 aromatic rings. The van der Waals surface area contributed by atoms with E-state index in [-0.39, 0.29) is 0 Å². The molecule has 0 spiro atoms. The van der Waals surface area contributed by atoms with Crippen LogP contribution in [0.4, 0.5) is 0 Å². The quantitative estimate of drug-likeness (QED) is 0.361. The number of hydrogen-bond acceptors (Lipinski definition) is 3. The summed E-state index contributed by atoms with van der Waals surface area (Å²) in [6, 6.07) is 0.868. The van der Waals surface area contributed by atoms with E-state index in [1.807, 2.05) is 0 Å². The van der Waals surface area contributed by atoms with Crippen LogP contribution in [0, 0.1) is 0 Å². The van der Waals surface area contributed by atoms with Crippen LogP contribution >= 0.6 is 11.6 Å². The normalized spacial score (nSPS) is 12.0. The summed E-state index contributed by atoms with van der Waals surface area (Å²) in [6.45, 7) is 0. The van der Waals surface area contributed by atoms with Gasteiger partial charge in [-0.15, -0.1) is 11.6 Å². The second-order valence-corrected chi connectivity index (χ2v) is 6.26. The van der Waals surface area contributed by atoms with E-state index in [0.29, 0.717) is 0 Å². The van der Waals surface area contributed by atoms with Crippen molar-refractivity contribution >= 4 is 20.4 Å². The summed E-state index contributed by atoms with van der Waals surface area (Å²) in [5.74, 6) is 0.724. The van der Waals surface area contributed by atoms with Crippen molar-refractivity contribution < 1.29 is 13.3 Å². The summed E-state index contributed by atoms with van der Waals surface area (Å²) in [4.78, 5) is 0. The van der Waals surface area contributed by atoms with Gasteiger partial charge in [-0.25, -0.2) is 0 Å². The molecule has 0 heterocycles. The van der Waals surface area contributed by atoms with Crippen LogP contribution in [0.2, 0.25) is 6.04 Å². The summed E-state index contributed by atoms with van der Waals surface area (Å²) in [5, 5.41) is 0. The highest BCUT2D eigenvalue weighted by Gasteiger charge is 2.36. The van der Waals surface area contributed by atoms with Crippen molar-refractivity contribution in [3.8, 4) is 0 Å². The van der Waals surface area contributed by atoms with Gasteiger partial charge in [-0.1, -0.05) is 6.42 Å². The minimum Gasteiger partial charge on any atom is -0.377 e. The zero-order chi connectivity index (χ0) is 10.2. The Balaban J connectivity index is 3.68. The lowest BCUT2D eigenvalue weighted by atomic mass is 10.3. The first kappa shape index (κ1) is 13.4. The van der Waals surface area contributed by atoms with Gasteiger partial charge >= 0.3 is 8.80 Å². The Morgan fingerprint density at radius 3 is 1.85 bits per heavy atom. The SMILES string of the molecule is CO[Si](CCCCCCl)(OC)OC. The molecule has 0 atom stereocenters. The van der Waals surface area contributed by atoms with Crippen molar-refractivity contribution in [3.63, 3.8) is 0 Å². The predicted octanol–water partition coefficient (Wildman–Crippen LogP) is 2.27. The number of unbranched alkanes of at least 4 members (excludes halogenated alkanes) is 2. The highest BCUT2D eigenvalue weighted by Crippen LogP contribution is 2.16. The van der Waals surface area contributed by atoms with Crippen LogP contribution in [-0.4, -0.2) is 36.0 Å². The maximum atomic E-state index is 5.57. The molecule has 3 nitrogen and oxygen atoms in total. The highest BCUT2D eigenvalue weighted by molar-refractivity contribution is 6.60. The second-order valence-electron chi connectivity index (χ2n) is 2.80. The molecule has 80 valence electrons. The van der Waals surface area contributed by atoms with Crippen LogP contribution in [0.1, 0.15) is 19.3 Å². The molecule has 0 aromatic carbocycles. The Labute approximate surface area is 86.7 Å². The first-order chi connectivity index (χ1) is 6.24. The fourth-order valence-corrected chi connectivity index (χ4v) is 3.15. The molecule has 0 fully saturated rings. The highest BCUT2D eigenvalue weighted by atomic mass is 35.5. The molecule has 5 heteroatoms. The largest absolute Gasteiger partial charge is 0.500 e. The average Bonchev–Trinajstić information content (AvgIpc) is 2.20. The number of halogens is 1. The third kappa shape index (κ3) is 4.98. The summed E-state index contributed by atoms with van der Waals surface area (Å²) >= 11 is 5.57. The predicted molar refractivity (Wildman–Crippen MR) is 56.2 cm³/mol. The van der Waals surface area contributed by atoms with Gasteiger partial charge < -0.3 is 13.3 Å². The third-order valence-electron chi connectivity index (χ3n) is 2.05. The van der Waals surface area contributed by atoms with Gasteiger partial charge in [0.1, 0.15) is 0 Å². The maximum Gasteiger partial charge on any atom is 0.500 e. The van der Waals surface area contributed by atoms with Gasteiger partial charge in [0, 0.05) is 33.3 Å². The maximum absolute atomic E-state index is 5.57. The summed E-state index contributed by atoms with van der Waals surface area (Å²) in [5.41, 5.74) is 0. The Hall–Kier alpha value is 0.387. The lowest BCUT2D eigenvalue weighted by Crippen LogP contribution is -2.42. The molecule has 0 radical (unpaired) electrons. The zero-order valence-electron chi connectivity index (χ0n) is 8.64. The Morgan fingerprint density at radius 2 is 1.46 bits per heavy atom. The molecule has 0 amide bonds. The van der Waals surface area contributed by atoms with E-state index >= 15 is 0 Å². The molecule has 0 aromatic heterocycles. The molecular formula is C8H19ClO3Si. The van der Waals surface area contributed by atoms with Gasteiger partial charge in [0.15, 0.2) is 0 Å². The van der Waals surface area contributed by atoms with Crippen LogP contribution in [-0.2, 0) is 13.3 Å². The fraction of sp³-hybridized carbons (Fsp3) is 1.00. The van der Waals surface area contributed by atoms with Crippen LogP contribution in [0.3, 0.4) is 0 Å². The van der Waals surface area contributed by atoms with Crippen molar-refractivity contribution in [2.45, 2.75) is 25.3 Å². The van der Waals surface area contributed by atoms with Crippen molar-refractivity contribution in [1.29, 1.82) is 0 Å². The molecule has 0 N–H and O–H groups in total. The molecule has 0 saturated carbocycles. The number of rotatable bonds is 8.